The van der Waals surface area contributed by atoms with Crippen LogP contribution in [0.15, 0.2) is 42.6 Å². The van der Waals surface area contributed by atoms with Gasteiger partial charge in [0, 0.05) is 17.8 Å². The normalized spacial score (nSPS) is 10.8. The van der Waals surface area contributed by atoms with Crippen molar-refractivity contribution in [3.8, 4) is 22.8 Å². The van der Waals surface area contributed by atoms with Crippen LogP contribution in [0.5, 0.6) is 11.6 Å². The van der Waals surface area contributed by atoms with Gasteiger partial charge < -0.3 is 9.84 Å². The fourth-order valence-corrected chi connectivity index (χ4v) is 3.06. The van der Waals surface area contributed by atoms with E-state index in [1.807, 2.05) is 30.5 Å². The van der Waals surface area contributed by atoms with Crippen molar-refractivity contribution in [2.75, 3.05) is 6.61 Å². The highest BCUT2D eigenvalue weighted by molar-refractivity contribution is 5.63. The molecule has 1 N–H and O–H groups in total. The topological polar surface area (TPSA) is 42.4 Å². The third kappa shape index (κ3) is 7.90. The summed E-state index contributed by atoms with van der Waals surface area (Å²) in [5, 5.41) is 9.34. The number of ether oxygens (including phenoxy) is 1. The molecule has 0 aliphatic carbocycles. The zero-order valence-corrected chi connectivity index (χ0v) is 16.1. The molecule has 0 saturated heterocycles. The molecular formula is C23H33NO2. The number of hydrogen-bond donors (Lipinski definition) is 1. The Morgan fingerprint density at radius 1 is 0.731 bits per heavy atom. The number of aromatic hydroxyl groups is 1. The van der Waals surface area contributed by atoms with Crippen LogP contribution in [0.4, 0.5) is 0 Å². The van der Waals surface area contributed by atoms with E-state index < -0.39 is 0 Å². The zero-order chi connectivity index (χ0) is 18.5. The first-order chi connectivity index (χ1) is 12.8. The highest BCUT2D eigenvalue weighted by Gasteiger charge is 2.01. The number of pyridine rings is 1. The van der Waals surface area contributed by atoms with E-state index in [1.165, 1.54) is 57.8 Å². The first-order valence-electron chi connectivity index (χ1n) is 10.2. The van der Waals surface area contributed by atoms with Crippen LogP contribution in [0.3, 0.4) is 0 Å². The number of benzene rings is 1. The molecule has 142 valence electrons. The SMILES string of the molecule is CCCCCCCCCCCCOc1ccc(-c2ccc(O)cc2)cn1. The van der Waals surface area contributed by atoms with Gasteiger partial charge in [0.1, 0.15) is 5.75 Å². The van der Waals surface area contributed by atoms with Gasteiger partial charge in [0.2, 0.25) is 5.88 Å². The van der Waals surface area contributed by atoms with E-state index in [0.29, 0.717) is 5.88 Å². The molecule has 2 aromatic rings. The summed E-state index contributed by atoms with van der Waals surface area (Å²) < 4.78 is 5.74. The van der Waals surface area contributed by atoms with E-state index in [1.54, 1.807) is 12.1 Å². The molecule has 1 heterocycles. The summed E-state index contributed by atoms with van der Waals surface area (Å²) in [6, 6.07) is 11.1. The summed E-state index contributed by atoms with van der Waals surface area (Å²) in [7, 11) is 0. The Balaban J connectivity index is 1.54. The Labute approximate surface area is 158 Å². The van der Waals surface area contributed by atoms with Crippen LogP contribution >= 0.6 is 0 Å². The summed E-state index contributed by atoms with van der Waals surface area (Å²) in [5.74, 6) is 0.960. The van der Waals surface area contributed by atoms with Gasteiger partial charge in [-0.3, -0.25) is 0 Å². The molecular weight excluding hydrogens is 322 g/mol. The Kier molecular flexibility index (Phi) is 9.63. The molecule has 0 aliphatic rings. The molecule has 0 radical (unpaired) electrons. The van der Waals surface area contributed by atoms with Crippen molar-refractivity contribution in [2.45, 2.75) is 71.1 Å². The smallest absolute Gasteiger partial charge is 0.213 e. The Bertz CT molecular complexity index is 593. The van der Waals surface area contributed by atoms with Crippen LogP contribution in [0, 0.1) is 0 Å². The van der Waals surface area contributed by atoms with Crippen molar-refractivity contribution in [1.29, 1.82) is 0 Å². The molecule has 3 heteroatoms. The molecule has 0 spiro atoms. The fourth-order valence-electron chi connectivity index (χ4n) is 3.06. The van der Waals surface area contributed by atoms with E-state index in [-0.39, 0.29) is 5.75 Å². The van der Waals surface area contributed by atoms with Crippen LogP contribution in [0.2, 0.25) is 0 Å². The van der Waals surface area contributed by atoms with Crippen LogP contribution in [0.25, 0.3) is 11.1 Å². The minimum atomic E-state index is 0.276. The average Bonchev–Trinajstić information content (AvgIpc) is 2.67. The molecule has 0 bridgehead atoms. The van der Waals surface area contributed by atoms with Gasteiger partial charge in [-0.25, -0.2) is 4.98 Å². The second-order valence-electron chi connectivity index (χ2n) is 6.96. The first-order valence-corrected chi connectivity index (χ1v) is 10.2. The third-order valence-electron chi connectivity index (χ3n) is 4.68. The molecule has 0 fully saturated rings. The van der Waals surface area contributed by atoms with Gasteiger partial charge >= 0.3 is 0 Å². The van der Waals surface area contributed by atoms with Crippen molar-refractivity contribution < 1.29 is 9.84 Å². The Morgan fingerprint density at radius 3 is 1.88 bits per heavy atom. The molecule has 0 unspecified atom stereocenters. The number of rotatable bonds is 13. The Morgan fingerprint density at radius 2 is 1.31 bits per heavy atom. The molecule has 0 atom stereocenters. The van der Waals surface area contributed by atoms with Crippen LogP contribution < -0.4 is 4.74 Å². The maximum Gasteiger partial charge on any atom is 0.213 e. The standard InChI is InChI=1S/C23H33NO2/c1-2-3-4-5-6-7-8-9-10-11-18-26-23-17-14-21(19-24-23)20-12-15-22(25)16-13-20/h12-17,19,25H,2-11,18H2,1H3. The maximum absolute atomic E-state index is 9.34. The van der Waals surface area contributed by atoms with Crippen molar-refractivity contribution in [2.24, 2.45) is 0 Å². The highest BCUT2D eigenvalue weighted by Crippen LogP contribution is 2.22. The number of hydrogen-bond acceptors (Lipinski definition) is 3. The summed E-state index contributed by atoms with van der Waals surface area (Å²) in [6.07, 6.45) is 15.1. The summed E-state index contributed by atoms with van der Waals surface area (Å²) in [6.45, 7) is 3.00. The average molecular weight is 356 g/mol. The lowest BCUT2D eigenvalue weighted by Crippen LogP contribution is -1.99. The minimum absolute atomic E-state index is 0.276. The van der Waals surface area contributed by atoms with Crippen molar-refractivity contribution >= 4 is 0 Å². The van der Waals surface area contributed by atoms with Gasteiger partial charge in [0.05, 0.1) is 6.61 Å². The number of unbranched alkanes of at least 4 members (excludes halogenated alkanes) is 9. The van der Waals surface area contributed by atoms with Gasteiger partial charge in [0.15, 0.2) is 0 Å². The highest BCUT2D eigenvalue weighted by atomic mass is 16.5. The fraction of sp³-hybridized carbons (Fsp3) is 0.522. The second-order valence-corrected chi connectivity index (χ2v) is 6.96. The predicted octanol–water partition coefficient (Wildman–Crippen LogP) is 6.75. The van der Waals surface area contributed by atoms with E-state index >= 15 is 0 Å². The number of aromatic nitrogens is 1. The van der Waals surface area contributed by atoms with Crippen LogP contribution in [-0.4, -0.2) is 16.7 Å². The number of phenolic OH excluding ortho intramolecular Hbond substituents is 1. The Hall–Kier alpha value is -2.03. The number of phenols is 1. The summed E-state index contributed by atoms with van der Waals surface area (Å²) >= 11 is 0. The summed E-state index contributed by atoms with van der Waals surface area (Å²) in [5.41, 5.74) is 2.06. The van der Waals surface area contributed by atoms with Crippen LogP contribution in [0.1, 0.15) is 71.1 Å². The lowest BCUT2D eigenvalue weighted by Gasteiger charge is -2.07. The largest absolute Gasteiger partial charge is 0.508 e. The predicted molar refractivity (Wildman–Crippen MR) is 109 cm³/mol. The molecule has 26 heavy (non-hydrogen) atoms. The lowest BCUT2D eigenvalue weighted by molar-refractivity contribution is 0.293. The molecule has 1 aromatic heterocycles. The van der Waals surface area contributed by atoms with Crippen molar-refractivity contribution in [3.05, 3.63) is 42.6 Å². The first kappa shape index (κ1) is 20.3. The van der Waals surface area contributed by atoms with E-state index in [0.717, 1.165) is 24.2 Å². The lowest BCUT2D eigenvalue weighted by atomic mass is 10.1. The van der Waals surface area contributed by atoms with Gasteiger partial charge in [-0.05, 0) is 30.2 Å². The summed E-state index contributed by atoms with van der Waals surface area (Å²) in [4.78, 5) is 4.38. The number of nitrogens with zero attached hydrogens (tertiary/aromatic N) is 1. The third-order valence-corrected chi connectivity index (χ3v) is 4.68. The minimum Gasteiger partial charge on any atom is -0.508 e. The molecule has 0 saturated carbocycles. The van der Waals surface area contributed by atoms with Gasteiger partial charge in [-0.1, -0.05) is 76.8 Å². The van der Waals surface area contributed by atoms with Gasteiger partial charge in [-0.15, -0.1) is 0 Å². The van der Waals surface area contributed by atoms with Crippen molar-refractivity contribution in [3.63, 3.8) is 0 Å². The zero-order valence-electron chi connectivity index (χ0n) is 16.1. The monoisotopic (exact) mass is 355 g/mol. The van der Waals surface area contributed by atoms with Gasteiger partial charge in [0.25, 0.3) is 0 Å². The van der Waals surface area contributed by atoms with Gasteiger partial charge in [-0.2, -0.15) is 0 Å². The van der Waals surface area contributed by atoms with E-state index in [9.17, 15) is 5.11 Å². The molecule has 0 amide bonds. The molecule has 0 aliphatic heterocycles. The quantitative estimate of drug-likeness (QED) is 0.404. The van der Waals surface area contributed by atoms with E-state index in [2.05, 4.69) is 11.9 Å². The second kappa shape index (κ2) is 12.3. The molecule has 2 rings (SSSR count). The van der Waals surface area contributed by atoms with Crippen LogP contribution in [-0.2, 0) is 0 Å². The van der Waals surface area contributed by atoms with E-state index in [4.69, 9.17) is 4.74 Å². The molecule has 1 aromatic carbocycles. The maximum atomic E-state index is 9.34. The van der Waals surface area contributed by atoms with Crippen molar-refractivity contribution in [1.82, 2.24) is 4.98 Å². The molecule has 3 nitrogen and oxygen atoms in total.